The van der Waals surface area contributed by atoms with Crippen molar-refractivity contribution in [2.45, 2.75) is 6.92 Å². The molecule has 1 N–H and O–H groups in total. The smallest absolute Gasteiger partial charge is 0.194 e. The van der Waals surface area contributed by atoms with Crippen LogP contribution in [0.4, 0.5) is 8.78 Å². The maximum Gasteiger partial charge on any atom is 0.194 e. The first kappa shape index (κ1) is 13.8. The Hall–Kier alpha value is -2.67. The maximum absolute atomic E-state index is 13.3. The van der Waals surface area contributed by atoms with Gasteiger partial charge in [-0.25, -0.2) is 13.6 Å². The van der Waals surface area contributed by atoms with E-state index in [0.717, 1.165) is 17.7 Å². The third kappa shape index (κ3) is 2.83. The van der Waals surface area contributed by atoms with Gasteiger partial charge in [0.05, 0.1) is 6.57 Å². The number of halogens is 2. The lowest BCUT2D eigenvalue weighted by Crippen LogP contribution is -1.86. The second-order valence-corrected chi connectivity index (χ2v) is 4.34. The van der Waals surface area contributed by atoms with Crippen LogP contribution in [0, 0.1) is 25.1 Å². The monoisotopic (exact) mass is 271 g/mol. The summed E-state index contributed by atoms with van der Waals surface area (Å²) in [5.74, 6) is -3.11. The first-order valence-corrected chi connectivity index (χ1v) is 5.85. The molecule has 2 aromatic rings. The normalized spacial score (nSPS) is 11.2. The van der Waals surface area contributed by atoms with Crippen molar-refractivity contribution in [3.8, 4) is 5.75 Å². The maximum atomic E-state index is 13.3. The number of phenolic OH excluding ortho intramolecular Hbond substituents is 1. The number of aromatic hydroxyl groups is 1. The van der Waals surface area contributed by atoms with Crippen LogP contribution in [0.15, 0.2) is 36.4 Å². The first-order chi connectivity index (χ1) is 9.51. The van der Waals surface area contributed by atoms with Crippen molar-refractivity contribution in [2.75, 3.05) is 0 Å². The highest BCUT2D eigenvalue weighted by Crippen LogP contribution is 2.25. The van der Waals surface area contributed by atoms with Gasteiger partial charge in [0.25, 0.3) is 0 Å². The molecule has 0 radical (unpaired) electrons. The Labute approximate surface area is 115 Å². The van der Waals surface area contributed by atoms with E-state index in [1.54, 1.807) is 12.1 Å². The highest BCUT2D eigenvalue weighted by molar-refractivity contribution is 5.85. The Morgan fingerprint density at radius 1 is 1.15 bits per heavy atom. The summed E-state index contributed by atoms with van der Waals surface area (Å²) in [6.45, 7) is 9.10. The quantitative estimate of drug-likeness (QED) is 0.635. The van der Waals surface area contributed by atoms with Crippen molar-refractivity contribution in [2.24, 2.45) is 0 Å². The van der Waals surface area contributed by atoms with Crippen LogP contribution >= 0.6 is 0 Å². The fourth-order valence-corrected chi connectivity index (χ4v) is 1.73. The Morgan fingerprint density at radius 2 is 1.70 bits per heavy atom. The average molecular weight is 271 g/mol. The van der Waals surface area contributed by atoms with E-state index in [2.05, 4.69) is 4.85 Å². The molecule has 0 amide bonds. The van der Waals surface area contributed by atoms with Crippen molar-refractivity contribution in [3.05, 3.63) is 76.1 Å². The molecule has 2 aromatic carbocycles. The van der Waals surface area contributed by atoms with Crippen LogP contribution in [0.2, 0.25) is 0 Å². The van der Waals surface area contributed by atoms with Crippen LogP contribution in [-0.2, 0) is 0 Å². The van der Waals surface area contributed by atoms with E-state index in [9.17, 15) is 8.78 Å². The van der Waals surface area contributed by atoms with Crippen LogP contribution in [0.5, 0.6) is 5.75 Å². The minimum atomic E-state index is -1.05. The van der Waals surface area contributed by atoms with Gasteiger partial charge in [-0.05, 0) is 36.3 Å². The van der Waals surface area contributed by atoms with Gasteiger partial charge in [0.2, 0.25) is 0 Å². The van der Waals surface area contributed by atoms with Crippen molar-refractivity contribution in [1.29, 1.82) is 0 Å². The molecule has 0 aliphatic rings. The molecule has 0 heterocycles. The van der Waals surface area contributed by atoms with E-state index in [0.29, 0.717) is 5.56 Å². The molecule has 0 atom stereocenters. The molecule has 100 valence electrons. The number of rotatable bonds is 2. The molecule has 0 aliphatic carbocycles. The Kier molecular flexibility index (Phi) is 3.81. The Morgan fingerprint density at radius 3 is 2.20 bits per heavy atom. The van der Waals surface area contributed by atoms with Crippen LogP contribution in [0.3, 0.4) is 0 Å². The van der Waals surface area contributed by atoms with E-state index < -0.39 is 17.4 Å². The molecule has 4 heteroatoms. The van der Waals surface area contributed by atoms with Gasteiger partial charge >= 0.3 is 0 Å². The van der Waals surface area contributed by atoms with Gasteiger partial charge in [-0.2, -0.15) is 0 Å². The molecule has 20 heavy (non-hydrogen) atoms. The van der Waals surface area contributed by atoms with Crippen LogP contribution in [0.1, 0.15) is 16.7 Å². The summed E-state index contributed by atoms with van der Waals surface area (Å²) >= 11 is 0. The molecular formula is C16H11F2NO. The number of hydrogen-bond acceptors (Lipinski definition) is 1. The van der Waals surface area contributed by atoms with Crippen LogP contribution < -0.4 is 0 Å². The van der Waals surface area contributed by atoms with Crippen LogP contribution in [-0.4, -0.2) is 5.11 Å². The zero-order valence-electron chi connectivity index (χ0n) is 10.7. The molecule has 0 unspecified atom stereocenters. The van der Waals surface area contributed by atoms with Crippen molar-refractivity contribution < 1.29 is 13.9 Å². The summed E-state index contributed by atoms with van der Waals surface area (Å²) < 4.78 is 26.5. The number of phenols is 1. The molecule has 2 rings (SSSR count). The minimum absolute atomic E-state index is 0.185. The number of benzene rings is 2. The third-order valence-corrected chi connectivity index (χ3v) is 2.81. The van der Waals surface area contributed by atoms with Gasteiger partial charge in [0.1, 0.15) is 0 Å². The summed E-state index contributed by atoms with van der Waals surface area (Å²) in [5, 5.41) is 9.04. The number of hydrogen-bond donors (Lipinski definition) is 1. The summed E-state index contributed by atoms with van der Waals surface area (Å²) in [6.07, 6.45) is 1.38. The van der Waals surface area contributed by atoms with Crippen molar-refractivity contribution in [1.82, 2.24) is 0 Å². The fourth-order valence-electron chi connectivity index (χ4n) is 1.73. The number of nitrogens with zero attached hydrogens (tertiary/aromatic N) is 1. The summed E-state index contributed by atoms with van der Waals surface area (Å²) in [4.78, 5) is 3.37. The predicted octanol–water partition coefficient (Wildman–Crippen LogP) is 4.40. The average Bonchev–Trinajstić information content (AvgIpc) is 2.43. The molecule has 0 fully saturated rings. The molecule has 0 saturated carbocycles. The minimum Gasteiger partial charge on any atom is -0.503 e. The Bertz CT molecular complexity index is 689. The highest BCUT2D eigenvalue weighted by Gasteiger charge is 2.09. The van der Waals surface area contributed by atoms with E-state index in [-0.39, 0.29) is 11.3 Å². The summed E-state index contributed by atoms with van der Waals surface area (Å²) in [5.41, 5.74) is 2.18. The lowest BCUT2D eigenvalue weighted by molar-refractivity contribution is 0.396. The lowest BCUT2D eigenvalue weighted by atomic mass is 10.1. The van der Waals surface area contributed by atoms with Crippen molar-refractivity contribution >= 4 is 11.8 Å². The zero-order chi connectivity index (χ0) is 14.7. The SMILES string of the molecule is [C-]#[N+]/C(=C\c1cc(F)c(O)c(F)c1)c1ccc(C)cc1. The van der Waals surface area contributed by atoms with E-state index in [1.807, 2.05) is 19.1 Å². The molecule has 0 aliphatic heterocycles. The Balaban J connectivity index is 2.47. The van der Waals surface area contributed by atoms with Gasteiger partial charge in [0.15, 0.2) is 23.1 Å². The topological polar surface area (TPSA) is 24.6 Å². The molecule has 0 spiro atoms. The fraction of sp³-hybridized carbons (Fsp3) is 0.0625. The standard InChI is InChI=1S/C16H11F2NO/c1-10-3-5-12(6-4-10)15(19-2)9-11-7-13(17)16(20)14(18)8-11/h3-9,20H,1H3/b15-9-. The van der Waals surface area contributed by atoms with Gasteiger partial charge in [-0.15, -0.1) is 0 Å². The molecule has 0 saturated heterocycles. The summed E-state index contributed by atoms with van der Waals surface area (Å²) in [7, 11) is 0. The van der Waals surface area contributed by atoms with Crippen molar-refractivity contribution in [3.63, 3.8) is 0 Å². The second-order valence-electron chi connectivity index (χ2n) is 4.34. The van der Waals surface area contributed by atoms with Crippen LogP contribution in [0.25, 0.3) is 16.6 Å². The van der Waals surface area contributed by atoms with E-state index >= 15 is 0 Å². The number of aryl methyl sites for hydroxylation is 1. The summed E-state index contributed by atoms with van der Waals surface area (Å²) in [6, 6.07) is 9.22. The van der Waals surface area contributed by atoms with Gasteiger partial charge < -0.3 is 5.11 Å². The predicted molar refractivity (Wildman–Crippen MR) is 73.7 cm³/mol. The highest BCUT2D eigenvalue weighted by atomic mass is 19.1. The van der Waals surface area contributed by atoms with Gasteiger partial charge in [0, 0.05) is 0 Å². The molecular weight excluding hydrogens is 260 g/mol. The zero-order valence-corrected chi connectivity index (χ0v) is 10.7. The lowest BCUT2D eigenvalue weighted by Gasteiger charge is -2.03. The van der Waals surface area contributed by atoms with E-state index in [1.165, 1.54) is 6.08 Å². The third-order valence-electron chi connectivity index (χ3n) is 2.81. The largest absolute Gasteiger partial charge is 0.503 e. The molecule has 2 nitrogen and oxygen atoms in total. The molecule has 0 aromatic heterocycles. The van der Waals surface area contributed by atoms with E-state index in [4.69, 9.17) is 11.7 Å². The second kappa shape index (κ2) is 5.54. The molecule has 0 bridgehead atoms. The van der Waals surface area contributed by atoms with Gasteiger partial charge in [-0.3, -0.25) is 0 Å². The van der Waals surface area contributed by atoms with Gasteiger partial charge in [-0.1, -0.05) is 29.8 Å². The first-order valence-electron chi connectivity index (χ1n) is 5.85.